The van der Waals surface area contributed by atoms with Crippen molar-refractivity contribution in [1.29, 1.82) is 0 Å². The Hall–Kier alpha value is -1.09. The summed E-state index contributed by atoms with van der Waals surface area (Å²) in [6.07, 6.45) is 4.23. The Balaban J connectivity index is 1.75. The molecule has 16 heavy (non-hydrogen) atoms. The van der Waals surface area contributed by atoms with E-state index in [9.17, 15) is 0 Å². The zero-order chi connectivity index (χ0) is 10.7. The highest BCUT2D eigenvalue weighted by Crippen LogP contribution is 2.58. The molecule has 2 fully saturated rings. The van der Waals surface area contributed by atoms with E-state index in [-0.39, 0.29) is 0 Å². The number of hydrogen-bond donors (Lipinski definition) is 1. The Kier molecular flexibility index (Phi) is 1.67. The van der Waals surface area contributed by atoms with Gasteiger partial charge in [0.1, 0.15) is 0 Å². The minimum Gasteiger partial charge on any atom is -0.399 e. The number of nitrogen functional groups attached to an aromatic ring is 1. The number of aromatic nitrogens is 1. The van der Waals surface area contributed by atoms with E-state index in [2.05, 4.69) is 0 Å². The molecule has 0 amide bonds. The highest BCUT2D eigenvalue weighted by Gasteiger charge is 2.46. The fourth-order valence-electron chi connectivity index (χ4n) is 3.05. The van der Waals surface area contributed by atoms with Crippen LogP contribution in [0.1, 0.15) is 30.2 Å². The van der Waals surface area contributed by atoms with Gasteiger partial charge in [-0.1, -0.05) is 0 Å². The molecule has 0 saturated heterocycles. The van der Waals surface area contributed by atoms with E-state index in [0.717, 1.165) is 29.0 Å². The maximum Gasteiger partial charge on any atom is 0.0969 e. The molecule has 3 heteroatoms. The lowest BCUT2D eigenvalue weighted by atomic mass is 10.1. The summed E-state index contributed by atoms with van der Waals surface area (Å²) in [4.78, 5) is 4.75. The van der Waals surface area contributed by atoms with Gasteiger partial charge in [-0.2, -0.15) is 0 Å². The largest absolute Gasteiger partial charge is 0.399 e. The van der Waals surface area contributed by atoms with Crippen LogP contribution in [0.25, 0.3) is 10.2 Å². The van der Waals surface area contributed by atoms with Crippen molar-refractivity contribution in [2.24, 2.45) is 11.8 Å². The van der Waals surface area contributed by atoms with E-state index in [1.807, 2.05) is 29.5 Å². The van der Waals surface area contributed by atoms with Gasteiger partial charge in [0.15, 0.2) is 0 Å². The number of rotatable bonds is 1. The number of nitrogens with two attached hydrogens (primary N) is 1. The normalized spacial score (nSPS) is 31.9. The maximum atomic E-state index is 5.79. The number of thiazole rings is 1. The molecular weight excluding hydrogens is 216 g/mol. The Morgan fingerprint density at radius 1 is 1.19 bits per heavy atom. The third-order valence-corrected chi connectivity index (χ3v) is 5.20. The molecule has 0 spiro atoms. The molecule has 1 aromatic carbocycles. The van der Waals surface area contributed by atoms with Crippen molar-refractivity contribution in [1.82, 2.24) is 4.98 Å². The standard InChI is InChI=1S/C13H14N2S/c14-10-1-2-11-12(6-10)16-13(15-11)9-4-7-3-8(7)5-9/h1-2,6-9H,3-5,14H2. The number of anilines is 1. The molecule has 0 aliphatic heterocycles. The van der Waals surface area contributed by atoms with Gasteiger partial charge in [-0.3, -0.25) is 0 Å². The fourth-order valence-corrected chi connectivity index (χ4v) is 4.19. The summed E-state index contributed by atoms with van der Waals surface area (Å²) in [6, 6.07) is 6.03. The van der Waals surface area contributed by atoms with Gasteiger partial charge in [-0.05, 0) is 49.3 Å². The van der Waals surface area contributed by atoms with Crippen LogP contribution in [0.5, 0.6) is 0 Å². The lowest BCUT2D eigenvalue weighted by Gasteiger charge is -2.06. The molecule has 1 aromatic heterocycles. The van der Waals surface area contributed by atoms with Crippen LogP contribution in [-0.2, 0) is 0 Å². The van der Waals surface area contributed by atoms with Crippen molar-refractivity contribution in [2.75, 3.05) is 5.73 Å². The Morgan fingerprint density at radius 2 is 2.00 bits per heavy atom. The number of hydrogen-bond acceptors (Lipinski definition) is 3. The van der Waals surface area contributed by atoms with Crippen LogP contribution in [-0.4, -0.2) is 4.98 Å². The predicted molar refractivity (Wildman–Crippen MR) is 67.6 cm³/mol. The molecule has 2 saturated carbocycles. The minimum absolute atomic E-state index is 0.738. The van der Waals surface area contributed by atoms with Gasteiger partial charge < -0.3 is 5.73 Å². The molecular formula is C13H14N2S. The summed E-state index contributed by atoms with van der Waals surface area (Å²) in [6.45, 7) is 0. The molecule has 2 N–H and O–H groups in total. The van der Waals surface area contributed by atoms with Gasteiger partial charge >= 0.3 is 0 Å². The Bertz CT molecular complexity index is 550. The summed E-state index contributed by atoms with van der Waals surface area (Å²) in [5.74, 6) is 2.80. The van der Waals surface area contributed by atoms with Gasteiger partial charge in [-0.25, -0.2) is 4.98 Å². The molecule has 2 aromatic rings. The molecule has 2 atom stereocenters. The second-order valence-corrected chi connectivity index (χ2v) is 6.27. The fraction of sp³-hybridized carbons (Fsp3) is 0.462. The first-order valence-corrected chi connectivity index (χ1v) is 6.77. The lowest BCUT2D eigenvalue weighted by Crippen LogP contribution is -1.93. The number of nitrogens with zero attached hydrogens (tertiary/aromatic N) is 1. The van der Waals surface area contributed by atoms with Crippen LogP contribution in [0.4, 0.5) is 5.69 Å². The molecule has 0 radical (unpaired) electrons. The zero-order valence-electron chi connectivity index (χ0n) is 9.02. The summed E-state index contributed by atoms with van der Waals surface area (Å²) >= 11 is 1.84. The zero-order valence-corrected chi connectivity index (χ0v) is 9.83. The highest BCUT2D eigenvalue weighted by atomic mass is 32.1. The van der Waals surface area contributed by atoms with E-state index < -0.39 is 0 Å². The second kappa shape index (κ2) is 2.98. The summed E-state index contributed by atoms with van der Waals surface area (Å²) < 4.78 is 1.25. The quantitative estimate of drug-likeness (QED) is 0.763. The van der Waals surface area contributed by atoms with Crippen molar-refractivity contribution in [2.45, 2.75) is 25.2 Å². The predicted octanol–water partition coefficient (Wildman–Crippen LogP) is 3.39. The van der Waals surface area contributed by atoms with E-state index >= 15 is 0 Å². The van der Waals surface area contributed by atoms with Gasteiger partial charge in [0.2, 0.25) is 0 Å². The average molecular weight is 230 g/mol. The Labute approximate surface area is 98.5 Å². The monoisotopic (exact) mass is 230 g/mol. The van der Waals surface area contributed by atoms with E-state index in [1.54, 1.807) is 0 Å². The molecule has 4 rings (SSSR count). The van der Waals surface area contributed by atoms with Crippen LogP contribution >= 0.6 is 11.3 Å². The third-order valence-electron chi connectivity index (χ3n) is 4.02. The van der Waals surface area contributed by atoms with Crippen LogP contribution in [0.15, 0.2) is 18.2 Å². The molecule has 2 unspecified atom stereocenters. The summed E-state index contributed by atoms with van der Waals surface area (Å²) in [5, 5.41) is 1.34. The molecule has 82 valence electrons. The molecule has 2 aliphatic carbocycles. The second-order valence-electron chi connectivity index (χ2n) is 5.20. The summed E-state index contributed by atoms with van der Waals surface area (Å²) in [7, 11) is 0. The van der Waals surface area contributed by atoms with Crippen molar-refractivity contribution < 1.29 is 0 Å². The van der Waals surface area contributed by atoms with Gasteiger partial charge in [-0.15, -0.1) is 11.3 Å². The van der Waals surface area contributed by atoms with Crippen LogP contribution in [0.3, 0.4) is 0 Å². The topological polar surface area (TPSA) is 38.9 Å². The first-order valence-electron chi connectivity index (χ1n) is 5.95. The van der Waals surface area contributed by atoms with Gasteiger partial charge in [0.25, 0.3) is 0 Å². The van der Waals surface area contributed by atoms with Crippen molar-refractivity contribution in [3.63, 3.8) is 0 Å². The summed E-state index contributed by atoms with van der Waals surface area (Å²) in [5.41, 5.74) is 7.76. The maximum absolute atomic E-state index is 5.79. The van der Waals surface area contributed by atoms with Crippen LogP contribution in [0, 0.1) is 11.8 Å². The number of benzene rings is 1. The molecule has 2 aliphatic rings. The smallest absolute Gasteiger partial charge is 0.0969 e. The van der Waals surface area contributed by atoms with Crippen LogP contribution < -0.4 is 5.73 Å². The van der Waals surface area contributed by atoms with Crippen molar-refractivity contribution >= 4 is 27.2 Å². The van der Waals surface area contributed by atoms with Crippen molar-refractivity contribution in [3.05, 3.63) is 23.2 Å². The van der Waals surface area contributed by atoms with Crippen molar-refractivity contribution in [3.8, 4) is 0 Å². The third kappa shape index (κ3) is 1.27. The molecule has 0 bridgehead atoms. The van der Waals surface area contributed by atoms with E-state index in [1.165, 1.54) is 29.0 Å². The SMILES string of the molecule is Nc1ccc2nc(C3CC4CC4C3)sc2c1. The molecule has 2 nitrogen and oxygen atoms in total. The first kappa shape index (κ1) is 8.99. The van der Waals surface area contributed by atoms with E-state index in [4.69, 9.17) is 10.7 Å². The van der Waals surface area contributed by atoms with Gasteiger partial charge in [0, 0.05) is 11.6 Å². The first-order chi connectivity index (χ1) is 7.79. The Morgan fingerprint density at radius 3 is 2.81 bits per heavy atom. The minimum atomic E-state index is 0.738. The highest BCUT2D eigenvalue weighted by molar-refractivity contribution is 7.18. The van der Waals surface area contributed by atoms with Gasteiger partial charge in [0.05, 0.1) is 15.2 Å². The average Bonchev–Trinajstić information content (AvgIpc) is 2.75. The van der Waals surface area contributed by atoms with E-state index in [0.29, 0.717) is 0 Å². The number of fused-ring (bicyclic) bond motifs is 2. The van der Waals surface area contributed by atoms with Crippen LogP contribution in [0.2, 0.25) is 0 Å². The molecule has 1 heterocycles. The lowest BCUT2D eigenvalue weighted by molar-refractivity contribution is 0.622.